The Morgan fingerprint density at radius 1 is 1.08 bits per heavy atom. The van der Waals surface area contributed by atoms with E-state index in [0.717, 1.165) is 21.4 Å². The van der Waals surface area contributed by atoms with E-state index in [4.69, 9.17) is 16.0 Å². The molecule has 4 rings (SSSR count). The molecule has 5 heteroatoms. The molecule has 2 aromatic carbocycles. The summed E-state index contributed by atoms with van der Waals surface area (Å²) >= 11 is 7.74. The average Bonchev–Trinajstić information content (AvgIpc) is 3.00. The van der Waals surface area contributed by atoms with E-state index in [1.54, 1.807) is 30.0 Å². The number of rotatable bonds is 2. The second-order valence-electron chi connectivity index (χ2n) is 5.23. The van der Waals surface area contributed by atoms with Gasteiger partial charge in [-0.2, -0.15) is 0 Å². The summed E-state index contributed by atoms with van der Waals surface area (Å²) in [7, 11) is 0. The Morgan fingerprint density at radius 2 is 1.88 bits per heavy atom. The maximum Gasteiger partial charge on any atom is 0.249 e. The fraction of sp³-hybridized carbons (Fsp3) is 0.150. The topological polar surface area (TPSA) is 46.0 Å². The van der Waals surface area contributed by atoms with Crippen molar-refractivity contribution in [1.82, 2.24) is 4.98 Å². The third-order valence-electron chi connectivity index (χ3n) is 3.80. The predicted molar refractivity (Wildman–Crippen MR) is 108 cm³/mol. The lowest BCUT2D eigenvalue weighted by Crippen LogP contribution is -2.03. The van der Waals surface area contributed by atoms with E-state index in [-0.39, 0.29) is 5.56 Å². The zero-order valence-corrected chi connectivity index (χ0v) is 15.8. The van der Waals surface area contributed by atoms with Crippen LogP contribution in [0.2, 0.25) is 5.02 Å². The van der Waals surface area contributed by atoms with Crippen molar-refractivity contribution in [2.45, 2.75) is 18.7 Å². The Hall–Kier alpha value is -2.17. The number of H-pyrrole nitrogens is 1. The Kier molecular flexibility index (Phi) is 5.21. The first-order chi connectivity index (χ1) is 12.2. The van der Waals surface area contributed by atoms with Crippen molar-refractivity contribution in [3.63, 3.8) is 0 Å². The first-order valence-corrected chi connectivity index (χ1v) is 9.65. The zero-order chi connectivity index (χ0) is 18.0. The standard InChI is InChI=1S/C18H12ClNO2S.C2H6/c1-23-12-4-2-3-10(7-12)13-9-16(21)20-17-14-8-11(19)5-6-15(14)22-18(13)17;1-2/h2-9H,1H3,(H,20,21);1-2H3. The van der Waals surface area contributed by atoms with E-state index in [1.807, 2.05) is 44.4 Å². The molecular weight excluding hydrogens is 354 g/mol. The van der Waals surface area contributed by atoms with Crippen molar-refractivity contribution in [2.24, 2.45) is 0 Å². The summed E-state index contributed by atoms with van der Waals surface area (Å²) in [6, 6.07) is 15.0. The summed E-state index contributed by atoms with van der Waals surface area (Å²) < 4.78 is 5.99. The van der Waals surface area contributed by atoms with Crippen LogP contribution in [-0.4, -0.2) is 11.2 Å². The van der Waals surface area contributed by atoms with Gasteiger partial charge in [0.1, 0.15) is 5.58 Å². The molecular formula is C20H18ClNO2S. The van der Waals surface area contributed by atoms with Gasteiger partial charge in [-0.25, -0.2) is 0 Å². The van der Waals surface area contributed by atoms with Crippen molar-refractivity contribution in [3.05, 3.63) is 63.9 Å². The molecule has 0 aliphatic heterocycles. The second-order valence-corrected chi connectivity index (χ2v) is 6.54. The SMILES string of the molecule is CC.CSc1cccc(-c2cc(=O)[nH]c3c2oc2ccc(Cl)cc23)c1. The number of nitrogens with one attached hydrogen (secondary N) is 1. The molecule has 0 saturated heterocycles. The summed E-state index contributed by atoms with van der Waals surface area (Å²) in [6.07, 6.45) is 2.02. The summed E-state index contributed by atoms with van der Waals surface area (Å²) in [6.45, 7) is 4.00. The molecule has 0 spiro atoms. The fourth-order valence-electron chi connectivity index (χ4n) is 2.74. The molecule has 25 heavy (non-hydrogen) atoms. The van der Waals surface area contributed by atoms with Gasteiger partial charge >= 0.3 is 0 Å². The number of thioether (sulfide) groups is 1. The molecule has 0 radical (unpaired) electrons. The quantitative estimate of drug-likeness (QED) is 0.418. The molecule has 1 N–H and O–H groups in total. The van der Waals surface area contributed by atoms with Gasteiger partial charge in [-0.1, -0.05) is 37.6 Å². The summed E-state index contributed by atoms with van der Waals surface area (Å²) in [5.41, 5.74) is 3.63. The van der Waals surface area contributed by atoms with E-state index in [1.165, 1.54) is 0 Å². The number of furan rings is 1. The molecule has 2 heterocycles. The van der Waals surface area contributed by atoms with Crippen molar-refractivity contribution >= 4 is 45.4 Å². The highest BCUT2D eigenvalue weighted by Gasteiger charge is 2.14. The number of aromatic amines is 1. The van der Waals surface area contributed by atoms with Gasteiger partial charge in [-0.15, -0.1) is 11.8 Å². The maximum atomic E-state index is 12.1. The van der Waals surface area contributed by atoms with Crippen molar-refractivity contribution in [3.8, 4) is 11.1 Å². The van der Waals surface area contributed by atoms with Crippen LogP contribution >= 0.6 is 23.4 Å². The number of benzene rings is 2. The molecule has 0 aliphatic rings. The second kappa shape index (κ2) is 7.38. The van der Waals surface area contributed by atoms with Crippen molar-refractivity contribution in [2.75, 3.05) is 6.26 Å². The van der Waals surface area contributed by atoms with Crippen molar-refractivity contribution in [1.29, 1.82) is 0 Å². The number of pyridine rings is 1. The van der Waals surface area contributed by atoms with Crippen LogP contribution in [0.25, 0.3) is 33.2 Å². The van der Waals surface area contributed by atoms with Crippen LogP contribution in [0.5, 0.6) is 0 Å². The summed E-state index contributed by atoms with van der Waals surface area (Å²) in [5, 5.41) is 1.42. The molecule has 0 unspecified atom stereocenters. The fourth-order valence-corrected chi connectivity index (χ4v) is 3.38. The lowest BCUT2D eigenvalue weighted by molar-refractivity contribution is 0.669. The smallest absolute Gasteiger partial charge is 0.249 e. The average molecular weight is 372 g/mol. The molecule has 0 bridgehead atoms. The number of hydrogen-bond acceptors (Lipinski definition) is 3. The molecule has 128 valence electrons. The van der Waals surface area contributed by atoms with E-state index >= 15 is 0 Å². The minimum atomic E-state index is -0.162. The molecule has 0 aliphatic carbocycles. The molecule has 4 aromatic rings. The van der Waals surface area contributed by atoms with Crippen LogP contribution in [0.15, 0.2) is 62.6 Å². The molecule has 0 amide bonds. The van der Waals surface area contributed by atoms with Gasteiger partial charge in [0, 0.05) is 26.9 Å². The lowest BCUT2D eigenvalue weighted by Gasteiger charge is -2.04. The largest absolute Gasteiger partial charge is 0.454 e. The first kappa shape index (κ1) is 17.6. The molecule has 2 aromatic heterocycles. The van der Waals surface area contributed by atoms with Gasteiger partial charge in [0.15, 0.2) is 5.58 Å². The molecule has 3 nitrogen and oxygen atoms in total. The van der Waals surface area contributed by atoms with Gasteiger partial charge in [-0.05, 0) is 42.2 Å². The minimum absolute atomic E-state index is 0.162. The van der Waals surface area contributed by atoms with E-state index in [9.17, 15) is 4.79 Å². The van der Waals surface area contributed by atoms with Crippen molar-refractivity contribution < 1.29 is 4.42 Å². The Balaban J connectivity index is 0.000000880. The van der Waals surface area contributed by atoms with E-state index < -0.39 is 0 Å². The normalized spacial score (nSPS) is 10.7. The van der Waals surface area contributed by atoms with Gasteiger partial charge in [0.2, 0.25) is 5.56 Å². The maximum absolute atomic E-state index is 12.1. The van der Waals surface area contributed by atoms with Gasteiger partial charge in [0.25, 0.3) is 0 Å². The highest BCUT2D eigenvalue weighted by atomic mass is 35.5. The third-order valence-corrected chi connectivity index (χ3v) is 4.76. The Morgan fingerprint density at radius 3 is 2.64 bits per heavy atom. The highest BCUT2D eigenvalue weighted by molar-refractivity contribution is 7.98. The monoisotopic (exact) mass is 371 g/mol. The van der Waals surface area contributed by atoms with E-state index in [2.05, 4.69) is 11.1 Å². The number of fused-ring (bicyclic) bond motifs is 3. The number of aromatic nitrogens is 1. The van der Waals surface area contributed by atoms with Crippen LogP contribution in [0.3, 0.4) is 0 Å². The van der Waals surface area contributed by atoms with Crippen LogP contribution in [-0.2, 0) is 0 Å². The van der Waals surface area contributed by atoms with Crippen LogP contribution in [0.4, 0.5) is 0 Å². The zero-order valence-electron chi connectivity index (χ0n) is 14.2. The molecule has 0 saturated carbocycles. The third kappa shape index (κ3) is 3.32. The van der Waals surface area contributed by atoms with Gasteiger partial charge < -0.3 is 9.40 Å². The number of hydrogen-bond donors (Lipinski definition) is 1. The lowest BCUT2D eigenvalue weighted by atomic mass is 10.1. The Bertz CT molecular complexity index is 1100. The first-order valence-electron chi connectivity index (χ1n) is 8.05. The van der Waals surface area contributed by atoms with Crippen LogP contribution in [0.1, 0.15) is 13.8 Å². The van der Waals surface area contributed by atoms with Crippen LogP contribution in [0, 0.1) is 0 Å². The Labute approximate surface area is 155 Å². The van der Waals surface area contributed by atoms with Crippen LogP contribution < -0.4 is 5.56 Å². The van der Waals surface area contributed by atoms with Gasteiger partial charge in [0.05, 0.1) is 5.52 Å². The molecule has 0 fully saturated rings. The summed E-state index contributed by atoms with van der Waals surface area (Å²) in [4.78, 5) is 16.1. The predicted octanol–water partition coefficient (Wildman–Crippen LogP) is 6.34. The highest BCUT2D eigenvalue weighted by Crippen LogP contribution is 2.35. The summed E-state index contributed by atoms with van der Waals surface area (Å²) in [5.74, 6) is 0. The molecule has 0 atom stereocenters. The minimum Gasteiger partial charge on any atom is -0.454 e. The number of halogens is 1. The van der Waals surface area contributed by atoms with E-state index in [0.29, 0.717) is 21.7 Å². The van der Waals surface area contributed by atoms with Gasteiger partial charge in [-0.3, -0.25) is 4.79 Å².